The second kappa shape index (κ2) is 6.41. The number of amides is 1. The molecule has 3 aromatic rings. The fraction of sp³-hybridized carbons (Fsp3) is 0.118. The van der Waals surface area contributed by atoms with Gasteiger partial charge in [-0.25, -0.2) is 13.5 Å². The number of fused-ring (bicyclic) bond motifs is 1. The van der Waals surface area contributed by atoms with Crippen LogP contribution < -0.4 is 10.9 Å². The van der Waals surface area contributed by atoms with E-state index in [2.05, 4.69) is 15.4 Å². The normalized spacial score (nSPS) is 16.7. The zero-order valence-corrected chi connectivity index (χ0v) is 14.0. The van der Waals surface area contributed by atoms with E-state index in [9.17, 15) is 18.4 Å². The minimum atomic E-state index is -0.809. The van der Waals surface area contributed by atoms with Crippen molar-refractivity contribution in [2.75, 3.05) is 11.1 Å². The Kier molecular flexibility index (Phi) is 4.08. The molecule has 0 aliphatic carbocycles. The third kappa shape index (κ3) is 2.80. The third-order valence-corrected chi connectivity index (χ3v) is 5.26. The molecule has 1 aromatic carbocycles. The topological polar surface area (TPSA) is 79.8 Å². The number of halogens is 2. The molecule has 1 atom stereocenters. The molecule has 132 valence electrons. The molecule has 2 aromatic heterocycles. The van der Waals surface area contributed by atoms with Crippen LogP contribution in [0.5, 0.6) is 0 Å². The molecule has 26 heavy (non-hydrogen) atoms. The van der Waals surface area contributed by atoms with Gasteiger partial charge in [0.15, 0.2) is 5.82 Å². The van der Waals surface area contributed by atoms with Gasteiger partial charge in [0.05, 0.1) is 17.2 Å². The van der Waals surface area contributed by atoms with Crippen molar-refractivity contribution in [2.45, 2.75) is 5.25 Å². The highest BCUT2D eigenvalue weighted by Gasteiger charge is 2.30. The number of thioether (sulfide) groups is 1. The van der Waals surface area contributed by atoms with Crippen LogP contribution in [-0.2, 0) is 4.79 Å². The Labute approximate surface area is 150 Å². The first kappa shape index (κ1) is 16.5. The molecule has 1 unspecified atom stereocenters. The van der Waals surface area contributed by atoms with Crippen molar-refractivity contribution in [1.82, 2.24) is 14.8 Å². The van der Waals surface area contributed by atoms with Crippen LogP contribution in [0.15, 0.2) is 47.5 Å². The Balaban J connectivity index is 1.89. The number of nitrogens with one attached hydrogen (secondary N) is 2. The number of H-pyrrole nitrogens is 1. The Morgan fingerprint density at radius 3 is 2.81 bits per heavy atom. The maximum absolute atomic E-state index is 14.2. The van der Waals surface area contributed by atoms with Crippen molar-refractivity contribution in [1.29, 1.82) is 0 Å². The average Bonchev–Trinajstić information content (AvgIpc) is 2.92. The van der Waals surface area contributed by atoms with Gasteiger partial charge in [-0.1, -0.05) is 6.07 Å². The number of benzene rings is 1. The van der Waals surface area contributed by atoms with Crippen LogP contribution in [-0.4, -0.2) is 26.4 Å². The monoisotopic (exact) mass is 374 g/mol. The van der Waals surface area contributed by atoms with Crippen LogP contribution in [0.3, 0.4) is 0 Å². The Hall–Kier alpha value is -2.94. The molecule has 0 saturated heterocycles. The van der Waals surface area contributed by atoms with Crippen LogP contribution in [0, 0.1) is 11.6 Å². The van der Waals surface area contributed by atoms with Gasteiger partial charge < -0.3 is 10.3 Å². The lowest BCUT2D eigenvalue weighted by atomic mass is 10.1. The maximum Gasteiger partial charge on any atom is 0.252 e. The second-order valence-electron chi connectivity index (χ2n) is 5.65. The van der Waals surface area contributed by atoms with Crippen molar-refractivity contribution >= 4 is 23.5 Å². The van der Waals surface area contributed by atoms with E-state index in [-0.39, 0.29) is 28.7 Å². The highest BCUT2D eigenvalue weighted by molar-refractivity contribution is 8.00. The molecular weight excluding hydrogens is 362 g/mol. The summed E-state index contributed by atoms with van der Waals surface area (Å²) in [6.45, 7) is 0. The van der Waals surface area contributed by atoms with Gasteiger partial charge in [-0.05, 0) is 18.2 Å². The standard InChI is InChI=1S/C17H12F2N4O2S/c18-9-3-4-13(12(19)6-9)23-16-11(7-21-23)15(26-8-14(24)22-16)10-2-1-5-20-17(10)25/h1-7,15H,8H2,(H,20,25)(H,22,24). The van der Waals surface area contributed by atoms with Crippen molar-refractivity contribution in [2.24, 2.45) is 0 Å². The molecule has 9 heteroatoms. The van der Waals surface area contributed by atoms with Crippen LogP contribution in [0.2, 0.25) is 0 Å². The molecule has 0 spiro atoms. The van der Waals surface area contributed by atoms with Crippen LogP contribution in [0.4, 0.5) is 14.6 Å². The summed E-state index contributed by atoms with van der Waals surface area (Å²) < 4.78 is 28.6. The van der Waals surface area contributed by atoms with Crippen molar-refractivity contribution in [3.8, 4) is 5.69 Å². The summed E-state index contributed by atoms with van der Waals surface area (Å²) in [5.41, 5.74) is 0.766. The maximum atomic E-state index is 14.2. The fourth-order valence-electron chi connectivity index (χ4n) is 2.83. The minimum absolute atomic E-state index is 0.000529. The summed E-state index contributed by atoms with van der Waals surface area (Å²) in [5.74, 6) is -1.43. The zero-order chi connectivity index (χ0) is 18.3. The highest BCUT2D eigenvalue weighted by Crippen LogP contribution is 2.40. The number of carbonyl (C=O) groups excluding carboxylic acids is 1. The third-order valence-electron chi connectivity index (χ3n) is 3.99. The van der Waals surface area contributed by atoms with Gasteiger partial charge in [0.1, 0.15) is 17.3 Å². The second-order valence-corrected chi connectivity index (χ2v) is 6.74. The van der Waals surface area contributed by atoms with E-state index >= 15 is 0 Å². The minimum Gasteiger partial charge on any atom is -0.329 e. The molecule has 0 saturated carbocycles. The largest absolute Gasteiger partial charge is 0.329 e. The smallest absolute Gasteiger partial charge is 0.252 e. The predicted molar refractivity (Wildman–Crippen MR) is 93.5 cm³/mol. The number of carbonyl (C=O) groups is 1. The number of pyridine rings is 1. The van der Waals surface area contributed by atoms with Crippen LogP contribution >= 0.6 is 11.8 Å². The lowest BCUT2D eigenvalue weighted by molar-refractivity contribution is -0.113. The van der Waals surface area contributed by atoms with E-state index in [1.54, 1.807) is 12.1 Å². The molecule has 1 aliphatic rings. The lowest BCUT2D eigenvalue weighted by Gasteiger charge is -2.13. The first-order chi connectivity index (χ1) is 12.5. The first-order valence-electron chi connectivity index (χ1n) is 7.67. The summed E-state index contributed by atoms with van der Waals surface area (Å²) in [5, 5.41) is 6.40. The molecule has 3 heterocycles. The van der Waals surface area contributed by atoms with Gasteiger partial charge in [0.2, 0.25) is 5.91 Å². The van der Waals surface area contributed by atoms with Gasteiger partial charge in [-0.15, -0.1) is 11.8 Å². The molecule has 4 rings (SSSR count). The summed E-state index contributed by atoms with van der Waals surface area (Å²) >= 11 is 1.28. The summed E-state index contributed by atoms with van der Waals surface area (Å²) in [6, 6.07) is 6.47. The molecule has 6 nitrogen and oxygen atoms in total. The van der Waals surface area contributed by atoms with E-state index < -0.39 is 16.9 Å². The number of rotatable bonds is 2. The Morgan fingerprint density at radius 2 is 2.04 bits per heavy atom. The number of aromatic nitrogens is 3. The number of hydrogen-bond donors (Lipinski definition) is 2. The van der Waals surface area contributed by atoms with Gasteiger partial charge in [-0.2, -0.15) is 5.10 Å². The Bertz CT molecular complexity index is 1060. The van der Waals surface area contributed by atoms with Gasteiger partial charge in [-0.3, -0.25) is 9.59 Å². The van der Waals surface area contributed by atoms with Crippen molar-refractivity contribution in [3.63, 3.8) is 0 Å². The summed E-state index contributed by atoms with van der Waals surface area (Å²) in [7, 11) is 0. The molecule has 0 radical (unpaired) electrons. The van der Waals surface area contributed by atoms with Gasteiger partial charge in [0.25, 0.3) is 5.56 Å². The molecule has 2 N–H and O–H groups in total. The number of aromatic amines is 1. The van der Waals surface area contributed by atoms with E-state index in [4.69, 9.17) is 0 Å². The SMILES string of the molecule is O=C1CSC(c2ccc[nH]c2=O)c2cnn(-c3ccc(F)cc3F)c2N1. The van der Waals surface area contributed by atoms with E-state index in [0.717, 1.165) is 12.1 Å². The van der Waals surface area contributed by atoms with Gasteiger partial charge >= 0.3 is 0 Å². The lowest BCUT2D eigenvalue weighted by Crippen LogP contribution is -2.16. The fourth-order valence-corrected chi connectivity index (χ4v) is 3.94. The summed E-state index contributed by atoms with van der Waals surface area (Å²) in [6.07, 6.45) is 3.00. The number of anilines is 1. The van der Waals surface area contributed by atoms with Crippen molar-refractivity contribution < 1.29 is 13.6 Å². The number of hydrogen-bond acceptors (Lipinski definition) is 4. The Morgan fingerprint density at radius 1 is 1.19 bits per heavy atom. The number of nitrogens with zero attached hydrogens (tertiary/aromatic N) is 2. The molecular formula is C17H12F2N4O2S. The molecule has 0 bridgehead atoms. The van der Waals surface area contributed by atoms with Crippen LogP contribution in [0.25, 0.3) is 5.69 Å². The highest BCUT2D eigenvalue weighted by atomic mass is 32.2. The average molecular weight is 374 g/mol. The van der Waals surface area contributed by atoms with E-state index in [0.29, 0.717) is 11.1 Å². The van der Waals surface area contributed by atoms with Gasteiger partial charge in [0, 0.05) is 23.4 Å². The predicted octanol–water partition coefficient (Wildman–Crippen LogP) is 2.61. The molecule has 0 fully saturated rings. The summed E-state index contributed by atoms with van der Waals surface area (Å²) in [4.78, 5) is 26.9. The van der Waals surface area contributed by atoms with E-state index in [1.165, 1.54) is 34.9 Å². The van der Waals surface area contributed by atoms with Crippen molar-refractivity contribution in [3.05, 3.63) is 75.8 Å². The molecule has 1 amide bonds. The quantitative estimate of drug-likeness (QED) is 0.723. The molecule has 1 aliphatic heterocycles. The van der Waals surface area contributed by atoms with E-state index in [1.807, 2.05) is 0 Å². The first-order valence-corrected chi connectivity index (χ1v) is 8.72. The van der Waals surface area contributed by atoms with Crippen LogP contribution in [0.1, 0.15) is 16.4 Å². The zero-order valence-electron chi connectivity index (χ0n) is 13.2.